The molecule has 0 fully saturated rings. The second-order valence-corrected chi connectivity index (χ2v) is 4.48. The van der Waals surface area contributed by atoms with Gasteiger partial charge in [0.05, 0.1) is 0 Å². The first-order valence-electron chi connectivity index (χ1n) is 6.71. The summed E-state index contributed by atoms with van der Waals surface area (Å²) in [5.41, 5.74) is 5.37. The van der Waals surface area contributed by atoms with Gasteiger partial charge in [-0.05, 0) is 26.2 Å². The lowest BCUT2D eigenvalue weighted by atomic mass is 10.1. The van der Waals surface area contributed by atoms with Crippen LogP contribution in [-0.4, -0.2) is 18.6 Å². The monoisotopic (exact) mass is 241 g/mol. The van der Waals surface area contributed by atoms with E-state index in [2.05, 4.69) is 6.58 Å². The third kappa shape index (κ3) is 11.4. The molecule has 100 valence electrons. The second-order valence-electron chi connectivity index (χ2n) is 4.48. The summed E-state index contributed by atoms with van der Waals surface area (Å²) >= 11 is 0. The molecule has 2 N–H and O–H groups in total. The molecule has 0 aromatic carbocycles. The number of hydrogen-bond donors (Lipinski definition) is 1. The molecule has 0 bridgehead atoms. The van der Waals surface area contributed by atoms with Crippen LogP contribution in [0.3, 0.4) is 0 Å². The van der Waals surface area contributed by atoms with Crippen molar-refractivity contribution < 1.29 is 9.53 Å². The van der Waals surface area contributed by atoms with Crippen LogP contribution in [0, 0.1) is 0 Å². The van der Waals surface area contributed by atoms with Crippen LogP contribution in [0.15, 0.2) is 12.7 Å². The summed E-state index contributed by atoms with van der Waals surface area (Å²) in [6.07, 6.45) is 10.5. The van der Waals surface area contributed by atoms with Gasteiger partial charge in [-0.1, -0.05) is 31.8 Å². The van der Waals surface area contributed by atoms with Gasteiger partial charge in [-0.2, -0.15) is 0 Å². The fourth-order valence-corrected chi connectivity index (χ4v) is 1.60. The molecule has 0 aliphatic heterocycles. The average Bonchev–Trinajstić information content (AvgIpc) is 2.32. The molecule has 0 aliphatic carbocycles. The number of rotatable bonds is 11. The minimum atomic E-state index is -0.151. The van der Waals surface area contributed by atoms with Crippen molar-refractivity contribution in [3.8, 4) is 0 Å². The number of carbonyl (C=O) groups excluding carboxylic acids is 1. The zero-order valence-corrected chi connectivity index (χ0v) is 11.1. The summed E-state index contributed by atoms with van der Waals surface area (Å²) in [6.45, 7) is 5.91. The van der Waals surface area contributed by atoms with Crippen LogP contribution in [0.25, 0.3) is 0 Å². The third-order valence-corrected chi connectivity index (χ3v) is 2.70. The molecular formula is C14H27NO2. The minimum Gasteiger partial charge on any atom is -0.461 e. The standard InChI is InChI=1S/C14H27NO2/c1-3-4-5-6-7-8-9-10-11-14(16)17-13(2)12-15/h3,13H,1,4-12,15H2,2H3. The van der Waals surface area contributed by atoms with Crippen molar-refractivity contribution in [2.75, 3.05) is 6.54 Å². The predicted molar refractivity (Wildman–Crippen MR) is 71.7 cm³/mol. The first kappa shape index (κ1) is 16.2. The largest absolute Gasteiger partial charge is 0.461 e. The number of esters is 1. The molecule has 3 heteroatoms. The van der Waals surface area contributed by atoms with Gasteiger partial charge < -0.3 is 10.5 Å². The molecule has 1 atom stereocenters. The molecule has 0 rings (SSSR count). The van der Waals surface area contributed by atoms with E-state index in [9.17, 15) is 4.79 Å². The normalized spacial score (nSPS) is 12.1. The number of allylic oxidation sites excluding steroid dienone is 1. The SMILES string of the molecule is C=CCCCCCCCCC(=O)OC(C)CN. The summed E-state index contributed by atoms with van der Waals surface area (Å²) in [5.74, 6) is -0.116. The first-order valence-corrected chi connectivity index (χ1v) is 6.71. The highest BCUT2D eigenvalue weighted by molar-refractivity contribution is 5.69. The van der Waals surface area contributed by atoms with Crippen LogP contribution in [-0.2, 0) is 9.53 Å². The van der Waals surface area contributed by atoms with E-state index >= 15 is 0 Å². The summed E-state index contributed by atoms with van der Waals surface area (Å²) in [7, 11) is 0. The lowest BCUT2D eigenvalue weighted by Gasteiger charge is -2.10. The van der Waals surface area contributed by atoms with E-state index in [-0.39, 0.29) is 12.1 Å². The Morgan fingerprint density at radius 3 is 2.41 bits per heavy atom. The molecule has 0 saturated heterocycles. The van der Waals surface area contributed by atoms with Gasteiger partial charge in [0, 0.05) is 13.0 Å². The Morgan fingerprint density at radius 2 is 1.82 bits per heavy atom. The van der Waals surface area contributed by atoms with Crippen LogP contribution in [0.5, 0.6) is 0 Å². The molecule has 0 saturated carbocycles. The highest BCUT2D eigenvalue weighted by atomic mass is 16.5. The Hall–Kier alpha value is -0.830. The quantitative estimate of drug-likeness (QED) is 0.343. The fraction of sp³-hybridized carbons (Fsp3) is 0.786. The molecule has 0 amide bonds. The topological polar surface area (TPSA) is 52.3 Å². The molecular weight excluding hydrogens is 214 g/mol. The van der Waals surface area contributed by atoms with E-state index in [1.165, 1.54) is 25.7 Å². The first-order chi connectivity index (χ1) is 8.20. The van der Waals surface area contributed by atoms with Gasteiger partial charge in [0.25, 0.3) is 0 Å². The summed E-state index contributed by atoms with van der Waals surface area (Å²) in [5, 5.41) is 0. The molecule has 0 aromatic rings. The van der Waals surface area contributed by atoms with Crippen LogP contribution >= 0.6 is 0 Å². The molecule has 0 aliphatic rings. The van der Waals surface area contributed by atoms with Crippen LogP contribution in [0.4, 0.5) is 0 Å². The highest BCUT2D eigenvalue weighted by Crippen LogP contribution is 2.09. The maximum atomic E-state index is 11.3. The van der Waals surface area contributed by atoms with E-state index in [1.807, 2.05) is 13.0 Å². The molecule has 0 aromatic heterocycles. The Morgan fingerprint density at radius 1 is 1.24 bits per heavy atom. The molecule has 0 spiro atoms. The number of unbranched alkanes of at least 4 members (excludes halogenated alkanes) is 6. The Labute approximate surface area is 105 Å². The predicted octanol–water partition coefficient (Wildman–Crippen LogP) is 3.18. The van der Waals surface area contributed by atoms with Crippen molar-refractivity contribution in [1.29, 1.82) is 0 Å². The minimum absolute atomic E-state index is 0.116. The van der Waals surface area contributed by atoms with Gasteiger partial charge in [-0.3, -0.25) is 4.79 Å². The zero-order valence-electron chi connectivity index (χ0n) is 11.1. The van der Waals surface area contributed by atoms with Gasteiger partial charge in [0.2, 0.25) is 0 Å². The van der Waals surface area contributed by atoms with Crippen molar-refractivity contribution in [3.63, 3.8) is 0 Å². The molecule has 17 heavy (non-hydrogen) atoms. The Balaban J connectivity index is 3.22. The van der Waals surface area contributed by atoms with E-state index in [1.54, 1.807) is 0 Å². The lowest BCUT2D eigenvalue weighted by molar-refractivity contribution is -0.147. The maximum absolute atomic E-state index is 11.3. The van der Waals surface area contributed by atoms with Crippen molar-refractivity contribution in [3.05, 3.63) is 12.7 Å². The number of carbonyl (C=O) groups is 1. The third-order valence-electron chi connectivity index (χ3n) is 2.70. The second kappa shape index (κ2) is 11.6. The lowest BCUT2D eigenvalue weighted by Crippen LogP contribution is -2.23. The van der Waals surface area contributed by atoms with Crippen molar-refractivity contribution in [2.24, 2.45) is 5.73 Å². The Kier molecular flexibility index (Phi) is 11.1. The summed E-state index contributed by atoms with van der Waals surface area (Å²) < 4.78 is 5.08. The van der Waals surface area contributed by atoms with Crippen molar-refractivity contribution >= 4 is 5.97 Å². The van der Waals surface area contributed by atoms with Gasteiger partial charge >= 0.3 is 5.97 Å². The molecule has 0 radical (unpaired) electrons. The number of hydrogen-bond acceptors (Lipinski definition) is 3. The maximum Gasteiger partial charge on any atom is 0.306 e. The number of nitrogens with two attached hydrogens (primary N) is 1. The summed E-state index contributed by atoms with van der Waals surface area (Å²) in [4.78, 5) is 11.3. The van der Waals surface area contributed by atoms with Crippen LogP contribution in [0.1, 0.15) is 58.3 Å². The average molecular weight is 241 g/mol. The van der Waals surface area contributed by atoms with Gasteiger partial charge in [-0.15, -0.1) is 6.58 Å². The Bertz CT molecular complexity index is 204. The molecule has 0 heterocycles. The van der Waals surface area contributed by atoms with E-state index in [0.717, 1.165) is 19.3 Å². The van der Waals surface area contributed by atoms with Crippen LogP contribution < -0.4 is 5.73 Å². The molecule has 3 nitrogen and oxygen atoms in total. The van der Waals surface area contributed by atoms with Crippen molar-refractivity contribution in [2.45, 2.75) is 64.4 Å². The van der Waals surface area contributed by atoms with E-state index < -0.39 is 0 Å². The van der Waals surface area contributed by atoms with E-state index in [4.69, 9.17) is 10.5 Å². The number of ether oxygens (including phenoxy) is 1. The molecule has 1 unspecified atom stereocenters. The fourth-order valence-electron chi connectivity index (χ4n) is 1.60. The van der Waals surface area contributed by atoms with E-state index in [0.29, 0.717) is 13.0 Å². The van der Waals surface area contributed by atoms with Gasteiger partial charge in [0.1, 0.15) is 6.10 Å². The zero-order chi connectivity index (χ0) is 12.9. The summed E-state index contributed by atoms with van der Waals surface area (Å²) in [6, 6.07) is 0. The smallest absolute Gasteiger partial charge is 0.306 e. The van der Waals surface area contributed by atoms with Gasteiger partial charge in [-0.25, -0.2) is 0 Å². The highest BCUT2D eigenvalue weighted by Gasteiger charge is 2.06. The van der Waals surface area contributed by atoms with Crippen molar-refractivity contribution in [1.82, 2.24) is 0 Å². The van der Waals surface area contributed by atoms with Crippen LogP contribution in [0.2, 0.25) is 0 Å². The van der Waals surface area contributed by atoms with Gasteiger partial charge in [0.15, 0.2) is 0 Å².